The second-order valence-corrected chi connectivity index (χ2v) is 9.46. The molecule has 2 rings (SSSR count). The molecule has 14 heteroatoms. The largest absolute Gasteiger partial charge is 0.481 e. The molecule has 0 saturated heterocycles. The van der Waals surface area contributed by atoms with Gasteiger partial charge in [0, 0.05) is 35.7 Å². The van der Waals surface area contributed by atoms with Crippen molar-refractivity contribution >= 4 is 53.2 Å². The number of carboxylic acids is 2. The van der Waals surface area contributed by atoms with E-state index in [9.17, 15) is 29.1 Å². The van der Waals surface area contributed by atoms with Crippen LogP contribution in [0.2, 0.25) is 0 Å². The molecule has 1 aromatic heterocycles. The minimum atomic E-state index is -1.30. The SMILES string of the molecule is NCCCCC(N)C(=O)NC(CCC(=O)O)C(=O)NC(CS)C(=O)NC(Cc1c[nH]c2ccccc12)C(=O)O. The number of hydrogen-bond donors (Lipinski definition) is 9. The van der Waals surface area contributed by atoms with E-state index in [-0.39, 0.29) is 18.6 Å². The van der Waals surface area contributed by atoms with Crippen LogP contribution in [-0.2, 0) is 30.4 Å². The molecule has 0 radical (unpaired) electrons. The average Bonchev–Trinajstić information content (AvgIpc) is 3.31. The Balaban J connectivity index is 2.07. The molecule has 0 fully saturated rings. The highest BCUT2D eigenvalue weighted by Crippen LogP contribution is 2.19. The Hall–Kier alpha value is -3.62. The minimum absolute atomic E-state index is 0.0162. The van der Waals surface area contributed by atoms with Gasteiger partial charge in [-0.15, -0.1) is 0 Å². The van der Waals surface area contributed by atoms with Crippen molar-refractivity contribution in [2.24, 2.45) is 11.5 Å². The molecule has 0 spiro atoms. The van der Waals surface area contributed by atoms with Crippen LogP contribution in [0.5, 0.6) is 0 Å². The highest BCUT2D eigenvalue weighted by molar-refractivity contribution is 7.80. The molecule has 0 aliphatic rings. The van der Waals surface area contributed by atoms with E-state index in [0.717, 1.165) is 10.9 Å². The van der Waals surface area contributed by atoms with Gasteiger partial charge in [-0.05, 0) is 37.4 Å². The summed E-state index contributed by atoms with van der Waals surface area (Å²) in [4.78, 5) is 64.4. The van der Waals surface area contributed by atoms with Crippen LogP contribution in [0.3, 0.4) is 0 Å². The van der Waals surface area contributed by atoms with Crippen molar-refractivity contribution in [3.05, 3.63) is 36.0 Å². The number of carbonyl (C=O) groups excluding carboxylic acids is 3. The zero-order valence-electron chi connectivity index (χ0n) is 21.4. The number of amides is 3. The van der Waals surface area contributed by atoms with Crippen LogP contribution in [0.1, 0.15) is 37.7 Å². The van der Waals surface area contributed by atoms with Crippen LogP contribution in [0, 0.1) is 0 Å². The summed E-state index contributed by atoms with van der Waals surface area (Å²) >= 11 is 4.11. The fraction of sp³-hybridized carbons (Fsp3) is 0.480. The van der Waals surface area contributed by atoms with Crippen molar-refractivity contribution in [2.75, 3.05) is 12.3 Å². The number of thiol groups is 1. The number of unbranched alkanes of at least 4 members (excludes halogenated alkanes) is 1. The first-order valence-corrected chi connectivity index (χ1v) is 13.2. The Bertz CT molecular complexity index is 1160. The normalized spacial score (nSPS) is 14.1. The molecular formula is C25H36N6O7S. The molecule has 0 aliphatic carbocycles. The molecule has 4 atom stereocenters. The minimum Gasteiger partial charge on any atom is -0.481 e. The van der Waals surface area contributed by atoms with E-state index in [0.29, 0.717) is 31.4 Å². The van der Waals surface area contributed by atoms with E-state index >= 15 is 0 Å². The van der Waals surface area contributed by atoms with Crippen molar-refractivity contribution in [1.29, 1.82) is 0 Å². The number of benzene rings is 1. The predicted molar refractivity (Wildman–Crippen MR) is 147 cm³/mol. The van der Waals surface area contributed by atoms with Gasteiger partial charge in [0.1, 0.15) is 18.1 Å². The van der Waals surface area contributed by atoms with Gasteiger partial charge in [-0.1, -0.05) is 24.6 Å². The van der Waals surface area contributed by atoms with Crippen molar-refractivity contribution in [2.45, 2.75) is 62.7 Å². The van der Waals surface area contributed by atoms with Gasteiger partial charge in [0.15, 0.2) is 0 Å². The molecule has 1 aromatic carbocycles. The Kier molecular flexibility index (Phi) is 12.7. The number of rotatable bonds is 17. The second kappa shape index (κ2) is 15.7. The number of aromatic amines is 1. The molecule has 214 valence electrons. The summed E-state index contributed by atoms with van der Waals surface area (Å²) in [5.74, 6) is -4.90. The van der Waals surface area contributed by atoms with Crippen molar-refractivity contribution < 1.29 is 34.2 Å². The number of carbonyl (C=O) groups is 5. The first kappa shape index (κ1) is 31.6. The third-order valence-electron chi connectivity index (χ3n) is 6.11. The average molecular weight is 565 g/mol. The summed E-state index contributed by atoms with van der Waals surface area (Å²) in [6.45, 7) is 0.440. The van der Waals surface area contributed by atoms with E-state index in [1.165, 1.54) is 0 Å². The number of fused-ring (bicyclic) bond motifs is 1. The summed E-state index contributed by atoms with van der Waals surface area (Å²) in [6.07, 6.45) is 2.57. The van der Waals surface area contributed by atoms with E-state index in [4.69, 9.17) is 16.6 Å². The van der Waals surface area contributed by atoms with E-state index in [1.54, 1.807) is 6.20 Å². The van der Waals surface area contributed by atoms with Gasteiger partial charge in [-0.25, -0.2) is 4.79 Å². The number of para-hydroxylation sites is 1. The van der Waals surface area contributed by atoms with Crippen molar-refractivity contribution in [3.8, 4) is 0 Å². The van der Waals surface area contributed by atoms with Gasteiger partial charge in [0.2, 0.25) is 17.7 Å². The first-order valence-electron chi connectivity index (χ1n) is 12.5. The molecule has 0 bridgehead atoms. The smallest absolute Gasteiger partial charge is 0.326 e. The van der Waals surface area contributed by atoms with Crippen LogP contribution in [0.15, 0.2) is 30.5 Å². The van der Waals surface area contributed by atoms with Gasteiger partial charge in [0.25, 0.3) is 0 Å². The highest BCUT2D eigenvalue weighted by atomic mass is 32.1. The lowest BCUT2D eigenvalue weighted by Gasteiger charge is -2.24. The van der Waals surface area contributed by atoms with Crippen LogP contribution in [0.25, 0.3) is 10.9 Å². The maximum absolute atomic E-state index is 13.0. The molecular weight excluding hydrogens is 528 g/mol. The zero-order chi connectivity index (χ0) is 28.9. The second-order valence-electron chi connectivity index (χ2n) is 9.09. The zero-order valence-corrected chi connectivity index (χ0v) is 22.3. The maximum Gasteiger partial charge on any atom is 0.326 e. The Morgan fingerprint density at radius 1 is 0.897 bits per heavy atom. The van der Waals surface area contributed by atoms with Crippen LogP contribution < -0.4 is 27.4 Å². The summed E-state index contributed by atoms with van der Waals surface area (Å²) in [5.41, 5.74) is 12.8. The molecule has 0 saturated carbocycles. The summed E-state index contributed by atoms with van der Waals surface area (Å²) in [6, 6.07) is 2.54. The molecule has 0 aliphatic heterocycles. The standard InChI is InChI=1S/C25H36N6O7S/c26-10-4-3-6-16(27)22(34)29-18(8-9-21(32)33)23(35)31-20(13-39)24(36)30-19(25(37)38)11-14-12-28-17-7-2-1-5-15(14)17/h1-2,5,7,12,16,18-20,28,39H,3-4,6,8-11,13,26-27H2,(H,29,34)(H,30,36)(H,31,35)(H,32,33)(H,37,38). The molecule has 2 aromatic rings. The number of carboxylic acid groups (broad SMARTS) is 2. The van der Waals surface area contributed by atoms with Gasteiger partial charge < -0.3 is 42.6 Å². The lowest BCUT2D eigenvalue weighted by Crippen LogP contribution is -2.57. The summed E-state index contributed by atoms with van der Waals surface area (Å²) in [7, 11) is 0. The van der Waals surface area contributed by atoms with E-state index in [2.05, 4.69) is 33.6 Å². The number of nitrogens with two attached hydrogens (primary N) is 2. The Labute approximate surface area is 230 Å². The summed E-state index contributed by atoms with van der Waals surface area (Å²) in [5, 5.41) is 26.9. The number of H-pyrrole nitrogens is 1. The third kappa shape index (κ3) is 9.89. The Morgan fingerprint density at radius 2 is 1.54 bits per heavy atom. The van der Waals surface area contributed by atoms with Crippen LogP contribution in [-0.4, -0.2) is 81.3 Å². The molecule has 3 amide bonds. The van der Waals surface area contributed by atoms with Crippen molar-refractivity contribution in [3.63, 3.8) is 0 Å². The van der Waals surface area contributed by atoms with Crippen LogP contribution >= 0.6 is 12.6 Å². The quantitative estimate of drug-likeness (QED) is 0.0889. The lowest BCUT2D eigenvalue weighted by atomic mass is 10.0. The fourth-order valence-corrected chi connectivity index (χ4v) is 4.17. The third-order valence-corrected chi connectivity index (χ3v) is 6.48. The molecule has 1 heterocycles. The molecule has 4 unspecified atom stereocenters. The van der Waals surface area contributed by atoms with Gasteiger partial charge in [0.05, 0.1) is 6.04 Å². The van der Waals surface area contributed by atoms with Gasteiger partial charge in [-0.3, -0.25) is 19.2 Å². The molecule has 39 heavy (non-hydrogen) atoms. The first-order chi connectivity index (χ1) is 18.6. The topological polar surface area (TPSA) is 230 Å². The number of hydrogen-bond acceptors (Lipinski definition) is 8. The maximum atomic E-state index is 13.0. The summed E-state index contributed by atoms with van der Waals surface area (Å²) < 4.78 is 0. The van der Waals surface area contributed by atoms with E-state index < -0.39 is 60.2 Å². The highest BCUT2D eigenvalue weighted by Gasteiger charge is 2.30. The van der Waals surface area contributed by atoms with Gasteiger partial charge >= 0.3 is 11.9 Å². The number of aliphatic carboxylic acids is 2. The van der Waals surface area contributed by atoms with E-state index in [1.807, 2.05) is 24.3 Å². The molecule has 10 N–H and O–H groups in total. The number of nitrogens with one attached hydrogen (secondary N) is 4. The molecule has 13 nitrogen and oxygen atoms in total. The predicted octanol–water partition coefficient (Wildman–Crippen LogP) is -0.500. The van der Waals surface area contributed by atoms with Crippen LogP contribution in [0.4, 0.5) is 0 Å². The van der Waals surface area contributed by atoms with Crippen molar-refractivity contribution in [1.82, 2.24) is 20.9 Å². The lowest BCUT2D eigenvalue weighted by molar-refractivity contribution is -0.142. The number of aromatic nitrogens is 1. The van der Waals surface area contributed by atoms with Gasteiger partial charge in [-0.2, -0.15) is 12.6 Å². The Morgan fingerprint density at radius 3 is 2.18 bits per heavy atom. The fourth-order valence-electron chi connectivity index (χ4n) is 3.91. The monoisotopic (exact) mass is 564 g/mol.